The molecule has 8 heteroatoms. The average Bonchev–Trinajstić information content (AvgIpc) is 2.85. The lowest BCUT2D eigenvalue weighted by atomic mass is 9.87. The SMILES string of the molecule is C=C(C(=O)OC)C1(OC(=O)OC(C)(C)C)C(=O)N(CCCC)c2ccc(F)cc21. The van der Waals surface area contributed by atoms with Crippen LogP contribution >= 0.6 is 0 Å². The van der Waals surface area contributed by atoms with Crippen LogP contribution < -0.4 is 4.90 Å². The number of amides is 1. The maximum absolute atomic E-state index is 14.1. The molecular weight excluding hydrogens is 381 g/mol. The smallest absolute Gasteiger partial charge is 0.466 e. The number of benzene rings is 1. The summed E-state index contributed by atoms with van der Waals surface area (Å²) < 4.78 is 29.4. The zero-order chi connectivity index (χ0) is 22.0. The van der Waals surface area contributed by atoms with Crippen LogP contribution in [0, 0.1) is 5.82 Å². The summed E-state index contributed by atoms with van der Waals surface area (Å²) in [5, 5.41) is 0. The summed E-state index contributed by atoms with van der Waals surface area (Å²) in [4.78, 5) is 39.6. The predicted molar refractivity (Wildman–Crippen MR) is 104 cm³/mol. The number of anilines is 1. The summed E-state index contributed by atoms with van der Waals surface area (Å²) in [6.45, 7) is 10.7. The van der Waals surface area contributed by atoms with Gasteiger partial charge in [0.15, 0.2) is 0 Å². The zero-order valence-electron chi connectivity index (χ0n) is 17.3. The van der Waals surface area contributed by atoms with Gasteiger partial charge in [-0.3, -0.25) is 4.79 Å². The molecule has 1 aliphatic rings. The molecule has 1 heterocycles. The minimum absolute atomic E-state index is 0.000128. The fraction of sp³-hybridized carbons (Fsp3) is 0.476. The first-order chi connectivity index (χ1) is 13.5. The molecule has 0 saturated heterocycles. The molecule has 7 nitrogen and oxygen atoms in total. The van der Waals surface area contributed by atoms with E-state index >= 15 is 0 Å². The van der Waals surface area contributed by atoms with Gasteiger partial charge in [0, 0.05) is 12.1 Å². The highest BCUT2D eigenvalue weighted by Crippen LogP contribution is 2.48. The van der Waals surface area contributed by atoms with E-state index in [-0.39, 0.29) is 5.56 Å². The molecule has 0 radical (unpaired) electrons. The topological polar surface area (TPSA) is 82.1 Å². The number of hydrogen-bond donors (Lipinski definition) is 0. The third-order valence-electron chi connectivity index (χ3n) is 4.39. The number of hydrogen-bond acceptors (Lipinski definition) is 6. The van der Waals surface area contributed by atoms with E-state index in [4.69, 9.17) is 14.2 Å². The first-order valence-electron chi connectivity index (χ1n) is 9.29. The Kier molecular flexibility index (Phi) is 6.35. The third kappa shape index (κ3) is 4.26. The summed E-state index contributed by atoms with van der Waals surface area (Å²) >= 11 is 0. The highest BCUT2D eigenvalue weighted by Gasteiger charge is 2.59. The number of nitrogens with zero attached hydrogens (tertiary/aromatic N) is 1. The lowest BCUT2D eigenvalue weighted by Crippen LogP contribution is -2.47. The molecule has 0 aromatic heterocycles. The minimum Gasteiger partial charge on any atom is -0.466 e. The molecule has 1 unspecified atom stereocenters. The van der Waals surface area contributed by atoms with E-state index < -0.39 is 40.6 Å². The lowest BCUT2D eigenvalue weighted by molar-refractivity contribution is -0.147. The van der Waals surface area contributed by atoms with Crippen LogP contribution in [-0.4, -0.2) is 37.3 Å². The van der Waals surface area contributed by atoms with Gasteiger partial charge in [-0.2, -0.15) is 0 Å². The van der Waals surface area contributed by atoms with Gasteiger partial charge in [-0.05, 0) is 45.4 Å². The Morgan fingerprint density at radius 3 is 2.48 bits per heavy atom. The van der Waals surface area contributed by atoms with Crippen molar-refractivity contribution >= 4 is 23.7 Å². The summed E-state index contributed by atoms with van der Waals surface area (Å²) in [6.07, 6.45) is 0.247. The van der Waals surface area contributed by atoms with E-state index in [0.29, 0.717) is 18.7 Å². The van der Waals surface area contributed by atoms with E-state index in [2.05, 4.69) is 6.58 Å². The van der Waals surface area contributed by atoms with Gasteiger partial charge in [0.2, 0.25) is 0 Å². The summed E-state index contributed by atoms with van der Waals surface area (Å²) in [5.74, 6) is -2.36. The Morgan fingerprint density at radius 1 is 1.28 bits per heavy atom. The standard InChI is InChI=1S/C21H26FNO6/c1-7-8-11-23-16-10-9-14(22)12-15(16)21(18(23)25,13(2)17(24)27-6)29-19(26)28-20(3,4)5/h9-10,12H,2,7-8,11H2,1,3-6H3. The van der Waals surface area contributed by atoms with Crippen LogP contribution in [0.2, 0.25) is 0 Å². The fourth-order valence-electron chi connectivity index (χ4n) is 3.09. The quantitative estimate of drug-likeness (QED) is 0.526. The van der Waals surface area contributed by atoms with Gasteiger partial charge in [0.25, 0.3) is 11.5 Å². The van der Waals surface area contributed by atoms with Crippen LogP contribution in [0.15, 0.2) is 30.4 Å². The van der Waals surface area contributed by atoms with Crippen LogP contribution in [0.4, 0.5) is 14.9 Å². The number of fused-ring (bicyclic) bond motifs is 1. The van der Waals surface area contributed by atoms with Crippen LogP contribution in [0.3, 0.4) is 0 Å². The average molecular weight is 407 g/mol. The van der Waals surface area contributed by atoms with E-state index in [1.165, 1.54) is 17.0 Å². The Labute approximate surface area is 169 Å². The molecule has 0 aliphatic carbocycles. The number of ether oxygens (including phenoxy) is 3. The summed E-state index contributed by atoms with van der Waals surface area (Å²) in [6, 6.07) is 3.65. The summed E-state index contributed by atoms with van der Waals surface area (Å²) in [7, 11) is 1.11. The molecule has 1 aromatic rings. The normalized spacial score (nSPS) is 18.3. The van der Waals surface area contributed by atoms with Crippen LogP contribution in [-0.2, 0) is 29.4 Å². The van der Waals surface area contributed by atoms with Gasteiger partial charge in [0.1, 0.15) is 11.4 Å². The van der Waals surface area contributed by atoms with Crippen molar-refractivity contribution in [2.75, 3.05) is 18.6 Å². The van der Waals surface area contributed by atoms with Gasteiger partial charge in [-0.15, -0.1) is 0 Å². The second-order valence-electron chi connectivity index (χ2n) is 7.69. The largest absolute Gasteiger partial charge is 0.510 e. The zero-order valence-corrected chi connectivity index (χ0v) is 17.3. The Morgan fingerprint density at radius 2 is 1.93 bits per heavy atom. The van der Waals surface area contributed by atoms with E-state index in [1.54, 1.807) is 20.8 Å². The number of rotatable bonds is 6. The highest BCUT2D eigenvalue weighted by molar-refractivity contribution is 6.14. The van der Waals surface area contributed by atoms with E-state index in [9.17, 15) is 18.8 Å². The first-order valence-corrected chi connectivity index (χ1v) is 9.29. The van der Waals surface area contributed by atoms with Crippen LogP contribution in [0.1, 0.15) is 46.1 Å². The molecule has 0 spiro atoms. The Balaban J connectivity index is 2.66. The van der Waals surface area contributed by atoms with Crippen molar-refractivity contribution in [3.63, 3.8) is 0 Å². The molecule has 0 fully saturated rings. The summed E-state index contributed by atoms with van der Waals surface area (Å²) in [5.41, 5.74) is -3.31. The molecule has 1 atom stereocenters. The number of carbonyl (C=O) groups is 3. The number of unbranched alkanes of at least 4 members (excludes halogenated alkanes) is 1. The molecule has 0 saturated carbocycles. The molecule has 0 N–H and O–H groups in total. The molecule has 0 bridgehead atoms. The highest BCUT2D eigenvalue weighted by atomic mass is 19.1. The third-order valence-corrected chi connectivity index (χ3v) is 4.39. The molecule has 1 amide bonds. The van der Waals surface area contributed by atoms with Gasteiger partial charge in [-0.1, -0.05) is 19.9 Å². The monoisotopic (exact) mass is 407 g/mol. The molecular formula is C21H26FNO6. The lowest BCUT2D eigenvalue weighted by Gasteiger charge is -2.30. The van der Waals surface area contributed by atoms with Crippen molar-refractivity contribution in [3.8, 4) is 0 Å². The van der Waals surface area contributed by atoms with Crippen LogP contribution in [0.25, 0.3) is 0 Å². The number of halogens is 1. The molecule has 29 heavy (non-hydrogen) atoms. The first kappa shape index (κ1) is 22.4. The number of methoxy groups -OCH3 is 1. The van der Waals surface area contributed by atoms with Crippen molar-refractivity contribution in [3.05, 3.63) is 41.7 Å². The van der Waals surface area contributed by atoms with E-state index in [0.717, 1.165) is 19.6 Å². The second-order valence-corrected chi connectivity index (χ2v) is 7.69. The predicted octanol–water partition coefficient (Wildman–Crippen LogP) is 3.85. The molecule has 1 aromatic carbocycles. The van der Waals surface area contributed by atoms with Crippen molar-refractivity contribution in [2.24, 2.45) is 0 Å². The van der Waals surface area contributed by atoms with E-state index in [1.807, 2.05) is 6.92 Å². The van der Waals surface area contributed by atoms with Gasteiger partial charge in [0.05, 0.1) is 18.4 Å². The Hall–Kier alpha value is -2.90. The molecule has 1 aliphatic heterocycles. The van der Waals surface area contributed by atoms with Gasteiger partial charge in [-0.25, -0.2) is 14.0 Å². The number of esters is 1. The van der Waals surface area contributed by atoms with Crippen molar-refractivity contribution < 1.29 is 33.0 Å². The molecule has 2 rings (SSSR count). The van der Waals surface area contributed by atoms with Crippen molar-refractivity contribution in [1.82, 2.24) is 0 Å². The van der Waals surface area contributed by atoms with Gasteiger partial charge < -0.3 is 19.1 Å². The second kappa shape index (κ2) is 8.23. The minimum atomic E-state index is -2.28. The Bertz CT molecular complexity index is 844. The molecule has 158 valence electrons. The maximum Gasteiger partial charge on any atom is 0.510 e. The van der Waals surface area contributed by atoms with Crippen molar-refractivity contribution in [1.29, 1.82) is 0 Å². The maximum atomic E-state index is 14.1. The van der Waals surface area contributed by atoms with Crippen molar-refractivity contribution in [2.45, 2.75) is 51.7 Å². The number of carbonyl (C=O) groups excluding carboxylic acids is 3. The fourth-order valence-corrected chi connectivity index (χ4v) is 3.09. The van der Waals surface area contributed by atoms with Crippen LogP contribution in [0.5, 0.6) is 0 Å². The van der Waals surface area contributed by atoms with Gasteiger partial charge >= 0.3 is 12.1 Å².